The molecule has 3 nitrogen and oxygen atoms in total. The summed E-state index contributed by atoms with van der Waals surface area (Å²) in [6.45, 7) is 1.99. The average molecular weight is 284 g/mol. The van der Waals surface area contributed by atoms with E-state index < -0.39 is 6.36 Å². The maximum absolute atomic E-state index is 12.4. The summed E-state index contributed by atoms with van der Waals surface area (Å²) < 4.78 is 41.4. The predicted octanol–water partition coefficient (Wildman–Crippen LogP) is 4.13. The zero-order valence-corrected chi connectivity index (χ0v) is 11.2. The van der Waals surface area contributed by atoms with E-state index >= 15 is 0 Å². The zero-order valence-electron chi connectivity index (χ0n) is 11.2. The molecule has 1 N–H and O–H groups in total. The molecule has 0 atom stereocenters. The highest BCUT2D eigenvalue weighted by molar-refractivity contribution is 5.95. The standard InChI is InChI=1S/C14H15F3N2O/c1-3-5-9-8-11(18-2)10-6-4-7-12(13(10)19-9)20-14(15,16)17/h4,6-8H,3,5H2,1-2H3,(H,18,19). The number of alkyl halides is 3. The Morgan fingerprint density at radius 2 is 2.05 bits per heavy atom. The number of halogens is 3. The highest BCUT2D eigenvalue weighted by Gasteiger charge is 2.32. The van der Waals surface area contributed by atoms with E-state index in [1.807, 2.05) is 13.0 Å². The van der Waals surface area contributed by atoms with Gasteiger partial charge in [-0.25, -0.2) is 4.98 Å². The first-order chi connectivity index (χ1) is 9.44. The summed E-state index contributed by atoms with van der Waals surface area (Å²) >= 11 is 0. The first-order valence-corrected chi connectivity index (χ1v) is 6.30. The van der Waals surface area contributed by atoms with Crippen molar-refractivity contribution in [3.8, 4) is 5.75 Å². The number of pyridine rings is 1. The van der Waals surface area contributed by atoms with Crippen LogP contribution in [0.4, 0.5) is 18.9 Å². The van der Waals surface area contributed by atoms with Crippen LogP contribution in [0.15, 0.2) is 24.3 Å². The molecule has 1 heterocycles. The van der Waals surface area contributed by atoms with Crippen molar-refractivity contribution in [2.45, 2.75) is 26.1 Å². The quantitative estimate of drug-likeness (QED) is 0.916. The van der Waals surface area contributed by atoms with Crippen molar-refractivity contribution in [1.82, 2.24) is 4.98 Å². The molecule has 0 radical (unpaired) electrons. The maximum atomic E-state index is 12.4. The number of nitrogens with zero attached hydrogens (tertiary/aromatic N) is 1. The topological polar surface area (TPSA) is 34.1 Å². The molecule has 1 aromatic carbocycles. The lowest BCUT2D eigenvalue weighted by atomic mass is 10.1. The number of hydrogen-bond donors (Lipinski definition) is 1. The molecule has 0 spiro atoms. The van der Waals surface area contributed by atoms with Crippen LogP contribution in [0, 0.1) is 0 Å². The number of para-hydroxylation sites is 1. The number of benzene rings is 1. The third-order valence-electron chi connectivity index (χ3n) is 2.86. The van der Waals surface area contributed by atoms with Gasteiger partial charge < -0.3 is 10.1 Å². The molecule has 1 aromatic heterocycles. The van der Waals surface area contributed by atoms with Gasteiger partial charge >= 0.3 is 6.36 Å². The van der Waals surface area contributed by atoms with Crippen LogP contribution in [-0.2, 0) is 6.42 Å². The molecule has 0 aliphatic heterocycles. The van der Waals surface area contributed by atoms with Crippen LogP contribution in [0.25, 0.3) is 10.9 Å². The monoisotopic (exact) mass is 284 g/mol. The van der Waals surface area contributed by atoms with Crippen molar-refractivity contribution in [2.24, 2.45) is 0 Å². The molecule has 2 rings (SSSR count). The summed E-state index contributed by atoms with van der Waals surface area (Å²) in [5, 5.41) is 3.59. The third-order valence-corrected chi connectivity index (χ3v) is 2.86. The van der Waals surface area contributed by atoms with Crippen molar-refractivity contribution >= 4 is 16.6 Å². The summed E-state index contributed by atoms with van der Waals surface area (Å²) in [5.74, 6) is -0.274. The second-order valence-electron chi connectivity index (χ2n) is 4.36. The van der Waals surface area contributed by atoms with Crippen molar-refractivity contribution in [3.63, 3.8) is 0 Å². The van der Waals surface area contributed by atoms with E-state index in [1.165, 1.54) is 12.1 Å². The van der Waals surface area contributed by atoms with E-state index in [0.717, 1.165) is 17.8 Å². The number of hydrogen-bond acceptors (Lipinski definition) is 3. The lowest BCUT2D eigenvalue weighted by Crippen LogP contribution is -2.17. The summed E-state index contributed by atoms with van der Waals surface area (Å²) in [6.07, 6.45) is -3.16. The number of nitrogens with one attached hydrogen (secondary N) is 1. The lowest BCUT2D eigenvalue weighted by Gasteiger charge is -2.14. The molecule has 0 bridgehead atoms. The number of anilines is 1. The van der Waals surface area contributed by atoms with Gasteiger partial charge in [-0.3, -0.25) is 0 Å². The molecule has 0 saturated carbocycles. The fourth-order valence-electron chi connectivity index (χ4n) is 2.07. The van der Waals surface area contributed by atoms with Gasteiger partial charge in [0.25, 0.3) is 0 Å². The Labute approximate surface area is 114 Å². The Balaban J connectivity index is 2.61. The van der Waals surface area contributed by atoms with Gasteiger partial charge in [0.1, 0.15) is 5.52 Å². The minimum atomic E-state index is -4.73. The summed E-state index contributed by atoms with van der Waals surface area (Å²) in [5.41, 5.74) is 1.70. The van der Waals surface area contributed by atoms with Gasteiger partial charge in [-0.15, -0.1) is 13.2 Å². The van der Waals surface area contributed by atoms with Gasteiger partial charge in [0.2, 0.25) is 0 Å². The highest BCUT2D eigenvalue weighted by atomic mass is 19.4. The van der Waals surface area contributed by atoms with Crippen molar-refractivity contribution in [1.29, 1.82) is 0 Å². The van der Waals surface area contributed by atoms with Crippen LogP contribution in [0.5, 0.6) is 5.75 Å². The van der Waals surface area contributed by atoms with E-state index in [2.05, 4.69) is 15.0 Å². The number of fused-ring (bicyclic) bond motifs is 1. The van der Waals surface area contributed by atoms with Gasteiger partial charge in [0, 0.05) is 23.8 Å². The van der Waals surface area contributed by atoms with Crippen LogP contribution < -0.4 is 10.1 Å². The Bertz CT molecular complexity index is 611. The number of ether oxygens (including phenoxy) is 1. The van der Waals surface area contributed by atoms with Crippen LogP contribution >= 0.6 is 0 Å². The SMILES string of the molecule is CCCc1cc(NC)c2cccc(OC(F)(F)F)c2n1. The van der Waals surface area contributed by atoms with Gasteiger partial charge in [-0.1, -0.05) is 25.5 Å². The van der Waals surface area contributed by atoms with Gasteiger partial charge in [-0.05, 0) is 18.6 Å². The third kappa shape index (κ3) is 3.12. The second kappa shape index (κ2) is 5.56. The van der Waals surface area contributed by atoms with E-state index in [0.29, 0.717) is 11.8 Å². The highest BCUT2D eigenvalue weighted by Crippen LogP contribution is 2.33. The second-order valence-corrected chi connectivity index (χ2v) is 4.36. The first kappa shape index (κ1) is 14.4. The number of aryl methyl sites for hydroxylation is 1. The molecule has 0 amide bonds. The van der Waals surface area contributed by atoms with Crippen molar-refractivity contribution in [3.05, 3.63) is 30.0 Å². The molecular formula is C14H15F3N2O. The fraction of sp³-hybridized carbons (Fsp3) is 0.357. The molecule has 0 aliphatic carbocycles. The van der Waals surface area contributed by atoms with Crippen LogP contribution in [0.1, 0.15) is 19.0 Å². The number of aromatic nitrogens is 1. The molecule has 6 heteroatoms. The summed E-state index contributed by atoms with van der Waals surface area (Å²) in [7, 11) is 1.72. The Kier molecular flexibility index (Phi) is 4.01. The first-order valence-electron chi connectivity index (χ1n) is 6.30. The minimum Gasteiger partial charge on any atom is -0.403 e. The van der Waals surface area contributed by atoms with E-state index in [9.17, 15) is 13.2 Å². The van der Waals surface area contributed by atoms with Crippen molar-refractivity contribution in [2.75, 3.05) is 12.4 Å². The van der Waals surface area contributed by atoms with Gasteiger partial charge in [-0.2, -0.15) is 0 Å². The molecule has 0 unspecified atom stereocenters. The lowest BCUT2D eigenvalue weighted by molar-refractivity contribution is -0.274. The van der Waals surface area contributed by atoms with E-state index in [-0.39, 0.29) is 11.3 Å². The molecule has 108 valence electrons. The minimum absolute atomic E-state index is 0.222. The smallest absolute Gasteiger partial charge is 0.403 e. The van der Waals surface area contributed by atoms with Crippen LogP contribution in [-0.4, -0.2) is 18.4 Å². The average Bonchev–Trinajstić information content (AvgIpc) is 2.37. The Morgan fingerprint density at radius 3 is 2.65 bits per heavy atom. The molecule has 2 aromatic rings. The van der Waals surface area contributed by atoms with Crippen molar-refractivity contribution < 1.29 is 17.9 Å². The van der Waals surface area contributed by atoms with Crippen LogP contribution in [0.2, 0.25) is 0 Å². The summed E-state index contributed by atoms with van der Waals surface area (Å²) in [4.78, 5) is 4.29. The molecule has 0 fully saturated rings. The normalized spacial score (nSPS) is 11.7. The van der Waals surface area contributed by atoms with Crippen LogP contribution in [0.3, 0.4) is 0 Å². The fourth-order valence-corrected chi connectivity index (χ4v) is 2.07. The number of rotatable bonds is 4. The largest absolute Gasteiger partial charge is 0.573 e. The van der Waals surface area contributed by atoms with Gasteiger partial charge in [0.05, 0.1) is 0 Å². The van der Waals surface area contributed by atoms with E-state index in [4.69, 9.17) is 0 Å². The maximum Gasteiger partial charge on any atom is 0.573 e. The Hall–Kier alpha value is -1.98. The van der Waals surface area contributed by atoms with Gasteiger partial charge in [0.15, 0.2) is 5.75 Å². The Morgan fingerprint density at radius 1 is 1.30 bits per heavy atom. The molecular weight excluding hydrogens is 269 g/mol. The van der Waals surface area contributed by atoms with E-state index in [1.54, 1.807) is 13.1 Å². The molecule has 20 heavy (non-hydrogen) atoms. The molecule has 0 aliphatic rings. The predicted molar refractivity (Wildman–Crippen MR) is 72.0 cm³/mol. The molecule has 0 saturated heterocycles. The zero-order chi connectivity index (χ0) is 14.8. The summed E-state index contributed by atoms with van der Waals surface area (Å²) in [6, 6.07) is 6.36.